The summed E-state index contributed by atoms with van der Waals surface area (Å²) < 4.78 is 0. The quantitative estimate of drug-likeness (QED) is 0.676. The lowest BCUT2D eigenvalue weighted by molar-refractivity contribution is -0.252. The molecule has 0 fully saturated rings. The largest absolute Gasteiger partial charge is 0.530 e. The van der Waals surface area contributed by atoms with Crippen molar-refractivity contribution in [3.8, 4) is 11.8 Å². The Kier molecular flexibility index (Phi) is 3.43. The minimum absolute atomic E-state index is 0.368. The van der Waals surface area contributed by atoms with Gasteiger partial charge in [0.1, 0.15) is 6.09 Å². The van der Waals surface area contributed by atoms with Gasteiger partial charge in [0, 0.05) is 5.03 Å². The molecule has 0 aromatic rings. The molecule has 0 aromatic carbocycles. The zero-order valence-corrected chi connectivity index (χ0v) is 9.26. The number of hydrogen-bond donors (Lipinski definition) is 1. The zero-order valence-electron chi connectivity index (χ0n) is 8.50. The molecule has 0 aromatic heterocycles. The van der Waals surface area contributed by atoms with Crippen LogP contribution in [0, 0.1) is 17.8 Å². The molecule has 0 spiro atoms. The molecule has 1 amide bonds. The van der Waals surface area contributed by atoms with Crippen LogP contribution in [0.5, 0.6) is 0 Å². The van der Waals surface area contributed by atoms with E-state index in [4.69, 9.17) is 11.6 Å². The molecule has 0 heterocycles. The van der Waals surface area contributed by atoms with Crippen LogP contribution in [0.15, 0.2) is 23.3 Å². The molecule has 0 saturated heterocycles. The van der Waals surface area contributed by atoms with Crippen LogP contribution in [-0.4, -0.2) is 11.6 Å². The van der Waals surface area contributed by atoms with E-state index in [9.17, 15) is 9.90 Å². The first kappa shape index (κ1) is 11.7. The molecule has 1 rings (SSSR count). The van der Waals surface area contributed by atoms with Crippen LogP contribution in [0.4, 0.5) is 4.79 Å². The van der Waals surface area contributed by atoms with Crippen molar-refractivity contribution in [1.29, 1.82) is 0 Å². The summed E-state index contributed by atoms with van der Waals surface area (Å²) in [4.78, 5) is 10.6. The first-order chi connectivity index (χ1) is 6.99. The smallest absolute Gasteiger partial charge is 0.134 e. The molecule has 0 aliphatic heterocycles. The van der Waals surface area contributed by atoms with E-state index >= 15 is 0 Å². The number of carbonyl (C=O) groups is 1. The van der Waals surface area contributed by atoms with Gasteiger partial charge in [-0.1, -0.05) is 29.7 Å². The summed E-state index contributed by atoms with van der Waals surface area (Å²) >= 11 is 5.98. The van der Waals surface area contributed by atoms with Crippen LogP contribution >= 0.6 is 11.6 Å². The molecule has 80 valence electrons. The highest BCUT2D eigenvalue weighted by Gasteiger charge is 2.34. The number of carboxylic acid groups (broad SMARTS) is 1. The van der Waals surface area contributed by atoms with Crippen molar-refractivity contribution in [3.05, 3.63) is 23.3 Å². The first-order valence-electron chi connectivity index (χ1n) is 4.46. The van der Waals surface area contributed by atoms with E-state index in [0.29, 0.717) is 5.03 Å². The van der Waals surface area contributed by atoms with Gasteiger partial charge in [0.25, 0.3) is 0 Å². The average Bonchev–Trinajstić information content (AvgIpc) is 2.10. The Hall–Kier alpha value is -1.40. The standard InChI is InChI=1S/C11H12ClNO2/c1-3-5-8-9(12)6-4-7-11(8,2)13-10(14)15/h4,6-8,13H,1-2H3,(H,14,15)/p-1. The van der Waals surface area contributed by atoms with Crippen LogP contribution in [-0.2, 0) is 0 Å². The van der Waals surface area contributed by atoms with E-state index in [0.717, 1.165) is 0 Å². The number of hydrogen-bond acceptors (Lipinski definition) is 2. The molecule has 0 saturated carbocycles. The Bertz CT molecular complexity index is 389. The summed E-state index contributed by atoms with van der Waals surface area (Å²) in [6, 6.07) is 0. The Labute approximate surface area is 93.8 Å². The van der Waals surface area contributed by atoms with Crippen molar-refractivity contribution >= 4 is 17.7 Å². The Balaban J connectivity index is 3.04. The second-order valence-electron chi connectivity index (χ2n) is 3.43. The fourth-order valence-corrected chi connectivity index (χ4v) is 1.87. The van der Waals surface area contributed by atoms with Gasteiger partial charge in [-0.3, -0.25) is 0 Å². The average molecular weight is 225 g/mol. The fourth-order valence-electron chi connectivity index (χ4n) is 1.52. The molecule has 2 atom stereocenters. The predicted molar refractivity (Wildman–Crippen MR) is 57.0 cm³/mol. The van der Waals surface area contributed by atoms with Crippen LogP contribution in [0.25, 0.3) is 0 Å². The van der Waals surface area contributed by atoms with Gasteiger partial charge in [0.2, 0.25) is 0 Å². The van der Waals surface area contributed by atoms with E-state index < -0.39 is 11.6 Å². The van der Waals surface area contributed by atoms with E-state index in [1.54, 1.807) is 32.1 Å². The molecule has 1 N–H and O–H groups in total. The molecule has 15 heavy (non-hydrogen) atoms. The maximum Gasteiger partial charge on any atom is 0.134 e. The second-order valence-corrected chi connectivity index (χ2v) is 3.87. The van der Waals surface area contributed by atoms with Crippen molar-refractivity contribution in [1.82, 2.24) is 5.32 Å². The molecule has 3 nitrogen and oxygen atoms in total. The van der Waals surface area contributed by atoms with Crippen LogP contribution in [0.3, 0.4) is 0 Å². The maximum atomic E-state index is 10.6. The van der Waals surface area contributed by atoms with Crippen molar-refractivity contribution in [2.75, 3.05) is 0 Å². The molecule has 1 aliphatic rings. The van der Waals surface area contributed by atoms with Crippen molar-refractivity contribution in [2.24, 2.45) is 5.92 Å². The Morgan fingerprint density at radius 3 is 2.93 bits per heavy atom. The van der Waals surface area contributed by atoms with Gasteiger partial charge in [-0.15, -0.1) is 5.92 Å². The van der Waals surface area contributed by atoms with Crippen molar-refractivity contribution in [3.63, 3.8) is 0 Å². The van der Waals surface area contributed by atoms with E-state index in [-0.39, 0.29) is 5.92 Å². The number of carbonyl (C=O) groups excluding carboxylic acids is 1. The summed E-state index contributed by atoms with van der Waals surface area (Å²) in [5.41, 5.74) is -0.826. The minimum atomic E-state index is -1.34. The lowest BCUT2D eigenvalue weighted by Gasteiger charge is -2.35. The molecular formula is C11H11ClNO2-. The third-order valence-corrected chi connectivity index (χ3v) is 2.58. The summed E-state index contributed by atoms with van der Waals surface area (Å²) in [5, 5.41) is 13.4. The fraction of sp³-hybridized carbons (Fsp3) is 0.364. The van der Waals surface area contributed by atoms with Gasteiger partial charge >= 0.3 is 0 Å². The molecular weight excluding hydrogens is 214 g/mol. The van der Waals surface area contributed by atoms with Gasteiger partial charge in [0.15, 0.2) is 0 Å². The molecule has 2 unspecified atom stereocenters. The highest BCUT2D eigenvalue weighted by molar-refractivity contribution is 6.30. The zero-order chi connectivity index (χ0) is 11.5. The summed E-state index contributed by atoms with van der Waals surface area (Å²) in [7, 11) is 0. The summed E-state index contributed by atoms with van der Waals surface area (Å²) in [6.07, 6.45) is 3.78. The number of halogens is 1. The van der Waals surface area contributed by atoms with Crippen LogP contribution < -0.4 is 10.4 Å². The maximum absolute atomic E-state index is 10.6. The lowest BCUT2D eigenvalue weighted by Crippen LogP contribution is -2.54. The van der Waals surface area contributed by atoms with Crippen LogP contribution in [0.2, 0.25) is 0 Å². The Morgan fingerprint density at radius 1 is 1.73 bits per heavy atom. The monoisotopic (exact) mass is 224 g/mol. The number of nitrogens with one attached hydrogen (secondary N) is 1. The summed E-state index contributed by atoms with van der Waals surface area (Å²) in [5.74, 6) is 5.24. The Morgan fingerprint density at radius 2 is 2.40 bits per heavy atom. The van der Waals surface area contributed by atoms with Crippen LogP contribution in [0.1, 0.15) is 13.8 Å². The first-order valence-corrected chi connectivity index (χ1v) is 4.84. The number of rotatable bonds is 1. The van der Waals surface area contributed by atoms with Gasteiger partial charge in [-0.05, 0) is 19.9 Å². The van der Waals surface area contributed by atoms with Crippen molar-refractivity contribution < 1.29 is 9.90 Å². The van der Waals surface area contributed by atoms with Crippen molar-refractivity contribution in [2.45, 2.75) is 19.4 Å². The molecule has 0 radical (unpaired) electrons. The summed E-state index contributed by atoms with van der Waals surface area (Å²) in [6.45, 7) is 3.39. The predicted octanol–water partition coefficient (Wildman–Crippen LogP) is 1.01. The topological polar surface area (TPSA) is 52.2 Å². The lowest BCUT2D eigenvalue weighted by atomic mass is 9.82. The van der Waals surface area contributed by atoms with Gasteiger partial charge in [-0.2, -0.15) is 0 Å². The molecule has 0 bridgehead atoms. The highest BCUT2D eigenvalue weighted by atomic mass is 35.5. The molecule has 1 aliphatic carbocycles. The molecule has 4 heteroatoms. The van der Waals surface area contributed by atoms with E-state index in [1.165, 1.54) is 0 Å². The van der Waals surface area contributed by atoms with E-state index in [1.807, 2.05) is 0 Å². The third-order valence-electron chi connectivity index (χ3n) is 2.23. The minimum Gasteiger partial charge on any atom is -0.530 e. The normalized spacial score (nSPS) is 28.7. The van der Waals surface area contributed by atoms with E-state index in [2.05, 4.69) is 17.2 Å². The number of allylic oxidation sites excluding steroid dienone is 2. The number of amides is 1. The highest BCUT2D eigenvalue weighted by Crippen LogP contribution is 2.31. The van der Waals surface area contributed by atoms with Gasteiger partial charge in [0.05, 0.1) is 11.5 Å². The van der Waals surface area contributed by atoms with Gasteiger partial charge < -0.3 is 15.2 Å². The van der Waals surface area contributed by atoms with Gasteiger partial charge in [-0.25, -0.2) is 0 Å². The second kappa shape index (κ2) is 4.41. The SMILES string of the molecule is CC#CC1C(Cl)=CC=CC1(C)NC(=O)[O-]. The third kappa shape index (κ3) is 2.54.